The van der Waals surface area contributed by atoms with Gasteiger partial charge in [0.1, 0.15) is 46.8 Å². The van der Waals surface area contributed by atoms with E-state index in [-0.39, 0.29) is 69.6 Å². The van der Waals surface area contributed by atoms with Gasteiger partial charge in [0.15, 0.2) is 22.4 Å². The van der Waals surface area contributed by atoms with E-state index in [1.165, 1.54) is 6.07 Å². The molecule has 0 radical (unpaired) electrons. The average Bonchev–Trinajstić information content (AvgIpc) is 4.05. The summed E-state index contributed by atoms with van der Waals surface area (Å²) in [7, 11) is 0. The zero-order chi connectivity index (χ0) is 45.7. The second kappa shape index (κ2) is 17.3. The number of fused-ring (bicyclic) bond motifs is 9. The van der Waals surface area contributed by atoms with Gasteiger partial charge >= 0.3 is 6.09 Å². The minimum Gasteiger partial charge on any atom is -0.508 e. The number of aromatic nitrogens is 3. The Balaban J connectivity index is 1.16. The number of amides is 3. The van der Waals surface area contributed by atoms with Crippen molar-refractivity contribution in [3.8, 4) is 34.4 Å². The van der Waals surface area contributed by atoms with Crippen molar-refractivity contribution in [2.75, 3.05) is 0 Å². The number of ether oxygens (including phenoxy) is 2. The van der Waals surface area contributed by atoms with Crippen molar-refractivity contribution in [1.82, 2.24) is 30.9 Å². The second-order valence-electron chi connectivity index (χ2n) is 16.8. The predicted molar refractivity (Wildman–Crippen MR) is 240 cm³/mol. The maximum Gasteiger partial charge on any atom is 0.408 e. The SMILES string of the molecule is CC(C)[C@H](NC(=O)OCc1ccccc1)C(=O)N[C@H]1Cc2ccc(O)c(c2)[C@@]2(c3ccccc3O[C@H]2O)c2oc(nc2-c2nc(Cl)c(-c3c(Cl)[nH]c4ccccc34)o2)[C@H](C(C)C)NC1=O. The number of nitrogens with one attached hydrogen (secondary N) is 4. The second-order valence-corrected chi connectivity index (χ2v) is 17.5. The first-order chi connectivity index (χ1) is 31.2. The number of aliphatic hydroxyl groups excluding tert-OH is 1. The van der Waals surface area contributed by atoms with Crippen LogP contribution in [0.4, 0.5) is 4.79 Å². The molecule has 17 heteroatoms. The van der Waals surface area contributed by atoms with Gasteiger partial charge in [-0.05, 0) is 41.2 Å². The molecule has 334 valence electrons. The van der Waals surface area contributed by atoms with Crippen LogP contribution < -0.4 is 20.7 Å². The molecule has 4 bridgehead atoms. The topological polar surface area (TPSA) is 214 Å². The van der Waals surface area contributed by atoms with Crippen LogP contribution in [0, 0.1) is 11.8 Å². The molecule has 0 aliphatic carbocycles. The quantitative estimate of drug-likeness (QED) is 0.0810. The van der Waals surface area contributed by atoms with Gasteiger partial charge in [0.25, 0.3) is 5.89 Å². The van der Waals surface area contributed by atoms with Crippen molar-refractivity contribution in [2.45, 2.75) is 70.6 Å². The first kappa shape index (κ1) is 43.4. The molecular formula is C48H44Cl2N6O9. The molecule has 5 atom stereocenters. The van der Waals surface area contributed by atoms with Crippen molar-refractivity contribution in [2.24, 2.45) is 11.8 Å². The van der Waals surface area contributed by atoms with E-state index < -0.39 is 53.7 Å². The van der Waals surface area contributed by atoms with Crippen LogP contribution in [0.2, 0.25) is 10.3 Å². The third-order valence-electron chi connectivity index (χ3n) is 11.8. The van der Waals surface area contributed by atoms with Gasteiger partial charge in [-0.15, -0.1) is 0 Å². The van der Waals surface area contributed by atoms with Crippen LogP contribution in [-0.4, -0.2) is 61.4 Å². The van der Waals surface area contributed by atoms with Crippen LogP contribution in [-0.2, 0) is 32.8 Å². The lowest BCUT2D eigenvalue weighted by Crippen LogP contribution is -2.56. The maximum atomic E-state index is 14.6. The van der Waals surface area contributed by atoms with Gasteiger partial charge in [-0.2, -0.15) is 4.98 Å². The molecule has 4 aromatic carbocycles. The number of benzene rings is 4. The fourth-order valence-corrected chi connectivity index (χ4v) is 9.07. The number of nitrogens with zero attached hydrogens (tertiary/aromatic N) is 2. The summed E-state index contributed by atoms with van der Waals surface area (Å²) in [5.41, 5.74) is 1.12. The van der Waals surface area contributed by atoms with E-state index in [2.05, 4.69) is 25.9 Å². The number of aromatic hydroxyl groups is 1. The highest BCUT2D eigenvalue weighted by atomic mass is 35.5. The lowest BCUT2D eigenvalue weighted by molar-refractivity contribution is -0.131. The number of hydrogen-bond donors (Lipinski definition) is 6. The smallest absolute Gasteiger partial charge is 0.408 e. The summed E-state index contributed by atoms with van der Waals surface area (Å²) in [6.45, 7) is 7.20. The van der Waals surface area contributed by atoms with Gasteiger partial charge in [0, 0.05) is 28.5 Å². The maximum absolute atomic E-state index is 14.6. The Morgan fingerprint density at radius 1 is 0.938 bits per heavy atom. The summed E-state index contributed by atoms with van der Waals surface area (Å²) in [5, 5.41) is 33.7. The highest BCUT2D eigenvalue weighted by Gasteiger charge is 2.58. The molecule has 6 N–H and O–H groups in total. The van der Waals surface area contributed by atoms with Crippen LogP contribution in [0.1, 0.15) is 67.6 Å². The lowest BCUT2D eigenvalue weighted by atomic mass is 9.71. The first-order valence-electron chi connectivity index (χ1n) is 21.0. The van der Waals surface area contributed by atoms with Crippen molar-refractivity contribution in [1.29, 1.82) is 0 Å². The minimum absolute atomic E-state index is 0.0114. The Morgan fingerprint density at radius 3 is 2.45 bits per heavy atom. The number of aliphatic hydroxyl groups is 1. The third kappa shape index (κ3) is 7.83. The normalized spacial score (nSPS) is 19.6. The number of phenolic OH excluding ortho intramolecular Hbond substituents is 1. The van der Waals surface area contributed by atoms with Crippen LogP contribution in [0.15, 0.2) is 106 Å². The largest absolute Gasteiger partial charge is 0.508 e. The minimum atomic E-state index is -1.84. The van der Waals surface area contributed by atoms with Crippen molar-refractivity contribution in [3.05, 3.63) is 141 Å². The van der Waals surface area contributed by atoms with E-state index in [0.717, 1.165) is 16.5 Å². The fourth-order valence-electron chi connectivity index (χ4n) is 8.57. The van der Waals surface area contributed by atoms with Gasteiger partial charge < -0.3 is 49.5 Å². The number of aromatic amines is 1. The van der Waals surface area contributed by atoms with Gasteiger partial charge in [0.05, 0.1) is 5.56 Å². The Morgan fingerprint density at radius 2 is 1.68 bits per heavy atom. The lowest BCUT2D eigenvalue weighted by Gasteiger charge is -2.32. The zero-order valence-corrected chi connectivity index (χ0v) is 37.0. The van der Waals surface area contributed by atoms with Crippen LogP contribution in [0.25, 0.3) is 33.8 Å². The molecule has 5 heterocycles. The summed E-state index contributed by atoms with van der Waals surface area (Å²) >= 11 is 13.6. The molecule has 65 heavy (non-hydrogen) atoms. The number of rotatable bonds is 9. The summed E-state index contributed by atoms with van der Waals surface area (Å²) in [6, 6.07) is 24.8. The number of para-hydroxylation sites is 2. The molecule has 0 saturated heterocycles. The van der Waals surface area contributed by atoms with Crippen molar-refractivity contribution in [3.63, 3.8) is 0 Å². The molecule has 0 saturated carbocycles. The summed E-state index contributed by atoms with van der Waals surface area (Å²) in [5.74, 6) is -2.01. The molecule has 7 aromatic rings. The Hall–Kier alpha value is -6.81. The Kier molecular flexibility index (Phi) is 11.6. The summed E-state index contributed by atoms with van der Waals surface area (Å²) in [6.07, 6.45) is -2.62. The standard InChI is InChI=1S/C48H44Cl2N6O9/c1-23(2)35(55-47(61)62-22-25-12-6-5-7-13-25)43(59)52-31-21-26-18-19-32(57)29(20-26)48(28-15-9-11-17-33(28)63-46(48)60)39-37(54-44(65-39)36(24(3)4)53-42(31)58)45-56-41(50)38(64-45)34-27-14-8-10-16-30(27)51-40(34)49/h5-20,23-24,31,35-36,46,51,57,60H,21-22H2,1-4H3,(H,52,59)(H,53,58)(H,55,61)/t31-,35-,36-,46+,48-/m0/s1. The summed E-state index contributed by atoms with van der Waals surface area (Å²) in [4.78, 5) is 54.4. The van der Waals surface area contributed by atoms with Crippen molar-refractivity contribution >= 4 is 52.0 Å². The van der Waals surface area contributed by atoms with Gasteiger partial charge in [-0.25, -0.2) is 9.78 Å². The van der Waals surface area contributed by atoms with Crippen molar-refractivity contribution < 1.29 is 42.9 Å². The molecule has 1 spiro atoms. The number of H-pyrrole nitrogens is 1. The van der Waals surface area contributed by atoms with Gasteiger partial charge in [-0.1, -0.05) is 130 Å². The van der Waals surface area contributed by atoms with Crippen LogP contribution in [0.3, 0.4) is 0 Å². The van der Waals surface area contributed by atoms with E-state index in [9.17, 15) is 24.6 Å². The number of carbonyl (C=O) groups is 3. The van der Waals surface area contributed by atoms with E-state index in [0.29, 0.717) is 22.4 Å². The fraction of sp³-hybridized carbons (Fsp3) is 0.271. The number of hydrogen-bond acceptors (Lipinski definition) is 11. The molecule has 3 amide bonds. The number of phenols is 1. The summed E-state index contributed by atoms with van der Waals surface area (Å²) < 4.78 is 24.9. The molecular weight excluding hydrogens is 875 g/mol. The first-order valence-corrected chi connectivity index (χ1v) is 21.8. The highest BCUT2D eigenvalue weighted by Crippen LogP contribution is 2.56. The zero-order valence-electron chi connectivity index (χ0n) is 35.5. The van der Waals surface area contributed by atoms with E-state index >= 15 is 0 Å². The Bertz CT molecular complexity index is 2950. The molecule has 9 rings (SSSR count). The molecule has 3 aromatic heterocycles. The van der Waals surface area contributed by atoms with Gasteiger partial charge in [-0.3, -0.25) is 9.59 Å². The molecule has 0 unspecified atom stereocenters. The highest BCUT2D eigenvalue weighted by molar-refractivity contribution is 6.37. The monoisotopic (exact) mass is 918 g/mol. The predicted octanol–water partition coefficient (Wildman–Crippen LogP) is 8.34. The third-order valence-corrected chi connectivity index (χ3v) is 12.4. The van der Waals surface area contributed by atoms with Gasteiger partial charge in [0.2, 0.25) is 24.0 Å². The number of halogens is 2. The average molecular weight is 920 g/mol. The van der Waals surface area contributed by atoms with E-state index in [1.54, 1.807) is 50.2 Å². The Labute approximate surface area is 382 Å². The van der Waals surface area contributed by atoms with E-state index in [1.807, 2.05) is 68.4 Å². The number of alkyl carbamates (subject to hydrolysis) is 1. The molecule has 2 aliphatic rings. The van der Waals surface area contributed by atoms with Crippen LogP contribution in [0.5, 0.6) is 11.5 Å². The number of oxazole rings is 2. The molecule has 15 nitrogen and oxygen atoms in total. The van der Waals surface area contributed by atoms with E-state index in [4.69, 9.17) is 46.5 Å². The number of carbonyl (C=O) groups excluding carboxylic acids is 3. The van der Waals surface area contributed by atoms with Crippen LogP contribution >= 0.6 is 23.2 Å². The molecule has 2 aliphatic heterocycles. The molecule has 0 fully saturated rings.